The van der Waals surface area contributed by atoms with E-state index in [1.54, 1.807) is 6.07 Å². The van der Waals surface area contributed by atoms with Crippen molar-refractivity contribution in [1.29, 1.82) is 0 Å². The van der Waals surface area contributed by atoms with Crippen molar-refractivity contribution in [1.82, 2.24) is 0 Å². The number of hydrogen-bond donors (Lipinski definition) is 2. The molecule has 1 aromatic carbocycles. The third-order valence-corrected chi connectivity index (χ3v) is 3.81. The Kier molecular flexibility index (Phi) is 5.13. The fourth-order valence-corrected chi connectivity index (χ4v) is 2.80. The zero-order chi connectivity index (χ0) is 16.3. The molecule has 0 spiro atoms. The molecule has 0 aromatic heterocycles. The first kappa shape index (κ1) is 16.4. The summed E-state index contributed by atoms with van der Waals surface area (Å²) in [4.78, 5) is 12.2. The van der Waals surface area contributed by atoms with E-state index in [0.29, 0.717) is 24.8 Å². The highest BCUT2D eigenvalue weighted by Gasteiger charge is 2.33. The number of hydrogen-bond acceptors (Lipinski definition) is 6. The van der Waals surface area contributed by atoms with Crippen LogP contribution in [-0.4, -0.2) is 42.6 Å². The van der Waals surface area contributed by atoms with Gasteiger partial charge in [0.05, 0.1) is 20.3 Å². The van der Waals surface area contributed by atoms with Gasteiger partial charge >= 0.3 is 5.97 Å². The number of esters is 1. The fraction of sp³-hybridized carbons (Fsp3) is 0.562. The first-order valence-corrected chi connectivity index (χ1v) is 7.37. The van der Waals surface area contributed by atoms with Gasteiger partial charge in [-0.05, 0) is 18.1 Å². The highest BCUT2D eigenvalue weighted by molar-refractivity contribution is 5.97. The molecule has 0 unspecified atom stereocenters. The zero-order valence-electron chi connectivity index (χ0n) is 13.1. The van der Waals surface area contributed by atoms with Crippen LogP contribution in [0.25, 0.3) is 0 Å². The minimum Gasteiger partial charge on any atom is -0.502 e. The predicted molar refractivity (Wildman–Crippen MR) is 79.7 cm³/mol. The fourth-order valence-electron chi connectivity index (χ4n) is 2.80. The number of aliphatic hydroxyl groups excluding tert-OH is 1. The smallest absolute Gasteiger partial charge is 0.342 e. The van der Waals surface area contributed by atoms with Crippen LogP contribution in [0.1, 0.15) is 42.1 Å². The Labute approximate surface area is 129 Å². The Hall–Kier alpha value is -1.95. The highest BCUT2D eigenvalue weighted by Crippen LogP contribution is 2.43. The summed E-state index contributed by atoms with van der Waals surface area (Å²) in [6, 6.07) is 1.62. The lowest BCUT2D eigenvalue weighted by molar-refractivity contribution is 0.00867. The molecule has 6 heteroatoms. The third kappa shape index (κ3) is 3.11. The molecule has 0 bridgehead atoms. The summed E-state index contributed by atoms with van der Waals surface area (Å²) >= 11 is 0. The van der Waals surface area contributed by atoms with Crippen molar-refractivity contribution in [2.45, 2.75) is 44.8 Å². The molecule has 6 nitrogen and oxygen atoms in total. The number of carbonyl (C=O) groups is 1. The second kappa shape index (κ2) is 6.87. The summed E-state index contributed by atoms with van der Waals surface area (Å²) in [5.74, 6) is -0.458. The number of phenolic OH excluding ortho intramolecular Hbond substituents is 1. The summed E-state index contributed by atoms with van der Waals surface area (Å²) in [6.07, 6.45) is 1.50. The normalized spacial score (nSPS) is 18.4. The van der Waals surface area contributed by atoms with E-state index < -0.39 is 12.1 Å². The van der Waals surface area contributed by atoms with Gasteiger partial charge < -0.3 is 24.4 Å². The molecule has 0 saturated carbocycles. The quantitative estimate of drug-likeness (QED) is 0.782. The van der Waals surface area contributed by atoms with Gasteiger partial charge in [-0.25, -0.2) is 4.79 Å². The Morgan fingerprint density at radius 2 is 2.14 bits per heavy atom. The Balaban J connectivity index is 2.32. The highest BCUT2D eigenvalue weighted by atomic mass is 16.5. The van der Waals surface area contributed by atoms with Crippen molar-refractivity contribution in [2.75, 3.05) is 14.2 Å². The van der Waals surface area contributed by atoms with Crippen LogP contribution < -0.4 is 9.47 Å². The van der Waals surface area contributed by atoms with Crippen LogP contribution in [0.2, 0.25) is 0 Å². The number of rotatable bonds is 6. The van der Waals surface area contributed by atoms with Crippen molar-refractivity contribution in [3.8, 4) is 17.2 Å². The van der Waals surface area contributed by atoms with Crippen LogP contribution in [0.15, 0.2) is 6.07 Å². The van der Waals surface area contributed by atoms with Gasteiger partial charge in [0.1, 0.15) is 11.7 Å². The Bertz CT molecular complexity index is 554. The molecular formula is C16H22O6. The maximum absolute atomic E-state index is 12.2. The second-order valence-corrected chi connectivity index (χ2v) is 5.40. The summed E-state index contributed by atoms with van der Waals surface area (Å²) < 4.78 is 15.6. The van der Waals surface area contributed by atoms with E-state index in [1.165, 1.54) is 14.2 Å². The molecule has 2 rings (SSSR count). The average molecular weight is 310 g/mol. The lowest BCUT2D eigenvalue weighted by Gasteiger charge is -2.28. The van der Waals surface area contributed by atoms with Crippen LogP contribution in [0.5, 0.6) is 17.2 Å². The number of methoxy groups -OCH3 is 2. The molecule has 1 aromatic rings. The average Bonchev–Trinajstić information content (AvgIpc) is 2.47. The molecule has 2 N–H and O–H groups in total. The van der Waals surface area contributed by atoms with Gasteiger partial charge in [-0.15, -0.1) is 0 Å². The topological polar surface area (TPSA) is 85.2 Å². The number of phenols is 1. The van der Waals surface area contributed by atoms with Gasteiger partial charge in [-0.1, -0.05) is 13.3 Å². The largest absolute Gasteiger partial charge is 0.502 e. The van der Waals surface area contributed by atoms with E-state index in [-0.39, 0.29) is 28.9 Å². The van der Waals surface area contributed by atoms with Crippen LogP contribution >= 0.6 is 0 Å². The standard InChI is InChI=1S/C16H22O6/c1-4-5-10(17)8-11-6-9-7-12(20-2)14(18)15(21-3)13(9)16(19)22-11/h7,10-11,17-18H,4-6,8H2,1-3H3/t10-,11-/m0/s1. The number of aliphatic hydroxyl groups is 1. The zero-order valence-corrected chi connectivity index (χ0v) is 13.1. The van der Waals surface area contributed by atoms with Gasteiger partial charge in [-0.3, -0.25) is 0 Å². The molecule has 1 heterocycles. The first-order valence-electron chi connectivity index (χ1n) is 7.37. The van der Waals surface area contributed by atoms with E-state index in [9.17, 15) is 15.0 Å². The number of ether oxygens (including phenoxy) is 3. The van der Waals surface area contributed by atoms with E-state index in [2.05, 4.69) is 0 Å². The molecule has 0 radical (unpaired) electrons. The van der Waals surface area contributed by atoms with Crippen molar-refractivity contribution in [3.63, 3.8) is 0 Å². The molecule has 0 amide bonds. The number of benzene rings is 1. The summed E-state index contributed by atoms with van der Waals surface area (Å²) in [6.45, 7) is 1.99. The Morgan fingerprint density at radius 1 is 1.41 bits per heavy atom. The molecule has 0 aliphatic carbocycles. The molecule has 122 valence electrons. The Morgan fingerprint density at radius 3 is 2.73 bits per heavy atom. The maximum atomic E-state index is 12.2. The van der Waals surface area contributed by atoms with Crippen molar-refractivity contribution >= 4 is 5.97 Å². The van der Waals surface area contributed by atoms with E-state index in [0.717, 1.165) is 6.42 Å². The van der Waals surface area contributed by atoms with Gasteiger partial charge in [-0.2, -0.15) is 0 Å². The number of cyclic esters (lactones) is 1. The van der Waals surface area contributed by atoms with Crippen molar-refractivity contribution in [3.05, 3.63) is 17.2 Å². The minimum atomic E-state index is -0.551. The first-order chi connectivity index (χ1) is 10.5. The molecule has 0 fully saturated rings. The van der Waals surface area contributed by atoms with Crippen LogP contribution in [-0.2, 0) is 11.2 Å². The van der Waals surface area contributed by atoms with Crippen molar-refractivity contribution < 1.29 is 29.2 Å². The van der Waals surface area contributed by atoms with E-state index in [4.69, 9.17) is 14.2 Å². The second-order valence-electron chi connectivity index (χ2n) is 5.40. The molecule has 1 aliphatic heterocycles. The number of aromatic hydroxyl groups is 1. The molecule has 22 heavy (non-hydrogen) atoms. The summed E-state index contributed by atoms with van der Waals surface area (Å²) in [7, 11) is 2.81. The minimum absolute atomic E-state index is 0.0620. The molecule has 1 aliphatic rings. The maximum Gasteiger partial charge on any atom is 0.342 e. The van der Waals surface area contributed by atoms with Crippen LogP contribution in [0.4, 0.5) is 0 Å². The van der Waals surface area contributed by atoms with Gasteiger partial charge in [0.25, 0.3) is 0 Å². The molecule has 0 saturated heterocycles. The SMILES string of the molecule is CCC[C@H](O)C[C@@H]1Cc2cc(OC)c(O)c(OC)c2C(=O)O1. The summed E-state index contributed by atoms with van der Waals surface area (Å²) in [5, 5.41) is 19.9. The van der Waals surface area contributed by atoms with Gasteiger partial charge in [0.2, 0.25) is 5.75 Å². The van der Waals surface area contributed by atoms with Gasteiger partial charge in [0, 0.05) is 12.8 Å². The van der Waals surface area contributed by atoms with Crippen molar-refractivity contribution in [2.24, 2.45) is 0 Å². The summed E-state index contributed by atoms with van der Waals surface area (Å²) in [5.41, 5.74) is 0.915. The lowest BCUT2D eigenvalue weighted by atomic mass is 9.93. The predicted octanol–water partition coefficient (Wildman–Crippen LogP) is 2.04. The van der Waals surface area contributed by atoms with Gasteiger partial charge in [0.15, 0.2) is 11.5 Å². The van der Waals surface area contributed by atoms with E-state index in [1.807, 2.05) is 6.92 Å². The van der Waals surface area contributed by atoms with Crippen LogP contribution in [0.3, 0.4) is 0 Å². The van der Waals surface area contributed by atoms with Crippen LogP contribution in [0, 0.1) is 0 Å². The number of fused-ring (bicyclic) bond motifs is 1. The molecular weight excluding hydrogens is 288 g/mol. The number of carbonyl (C=O) groups excluding carboxylic acids is 1. The molecule has 2 atom stereocenters. The lowest BCUT2D eigenvalue weighted by Crippen LogP contribution is -2.31. The monoisotopic (exact) mass is 310 g/mol. The third-order valence-electron chi connectivity index (χ3n) is 3.81. The van der Waals surface area contributed by atoms with E-state index >= 15 is 0 Å².